The third-order valence-electron chi connectivity index (χ3n) is 4.82. The number of nitrogens with one attached hydrogen (secondary N) is 1. The molecule has 1 aliphatic carbocycles. The lowest BCUT2D eigenvalue weighted by atomic mass is 9.97. The first kappa shape index (κ1) is 16.5. The van der Waals surface area contributed by atoms with E-state index in [1.165, 1.54) is 12.3 Å². The van der Waals surface area contributed by atoms with Gasteiger partial charge in [-0.15, -0.1) is 0 Å². The zero-order valence-corrected chi connectivity index (χ0v) is 14.6. The monoisotopic (exact) mass is 348 g/mol. The normalized spacial score (nSPS) is 17.7. The van der Waals surface area contributed by atoms with Crippen LogP contribution in [-0.4, -0.2) is 54.7 Å². The van der Waals surface area contributed by atoms with E-state index in [-0.39, 0.29) is 23.0 Å². The summed E-state index contributed by atoms with van der Waals surface area (Å²) in [6.45, 7) is 4.11. The minimum Gasteiger partial charge on any atom is -0.369 e. The summed E-state index contributed by atoms with van der Waals surface area (Å²) < 4.78 is 0. The molecule has 1 aliphatic heterocycles. The van der Waals surface area contributed by atoms with Gasteiger partial charge < -0.3 is 15.1 Å². The van der Waals surface area contributed by atoms with Crippen molar-refractivity contribution in [2.45, 2.75) is 0 Å². The van der Waals surface area contributed by atoms with Crippen molar-refractivity contribution in [3.05, 3.63) is 65.6 Å². The third kappa shape index (κ3) is 3.11. The van der Waals surface area contributed by atoms with Crippen LogP contribution < -0.4 is 10.2 Å². The van der Waals surface area contributed by atoms with E-state index in [1.54, 1.807) is 12.1 Å². The molecule has 132 valence electrons. The Morgan fingerprint density at radius 1 is 1.00 bits per heavy atom. The molecule has 1 saturated heterocycles. The Hall–Kier alpha value is -2.99. The predicted octanol–water partition coefficient (Wildman–Crippen LogP) is 2.21. The zero-order valence-electron chi connectivity index (χ0n) is 14.6. The number of ketones is 2. The molecule has 2 aliphatic rings. The molecule has 0 unspecified atom stereocenters. The van der Waals surface area contributed by atoms with E-state index in [4.69, 9.17) is 0 Å². The fourth-order valence-electron chi connectivity index (χ4n) is 3.26. The number of fused-ring (bicyclic) bond motifs is 1. The summed E-state index contributed by atoms with van der Waals surface area (Å²) >= 11 is 0. The van der Waals surface area contributed by atoms with Gasteiger partial charge in [-0.3, -0.25) is 14.6 Å². The van der Waals surface area contributed by atoms with Crippen LogP contribution in [0.4, 0.5) is 11.4 Å². The van der Waals surface area contributed by atoms with E-state index >= 15 is 0 Å². The number of anilines is 2. The van der Waals surface area contributed by atoms with Crippen molar-refractivity contribution in [1.82, 2.24) is 9.88 Å². The number of likely N-dealkylation sites (N-methyl/N-ethyl adjacent to an activating group) is 1. The highest BCUT2D eigenvalue weighted by molar-refractivity contribution is 6.24. The third-order valence-corrected chi connectivity index (χ3v) is 4.82. The first-order chi connectivity index (χ1) is 12.6. The predicted molar refractivity (Wildman–Crippen MR) is 101 cm³/mol. The van der Waals surface area contributed by atoms with Crippen molar-refractivity contribution in [2.24, 2.45) is 0 Å². The smallest absolute Gasteiger partial charge is 0.228 e. The molecule has 2 aromatic rings. The Bertz CT molecular complexity index is 881. The Labute approximate surface area is 152 Å². The number of carbonyl (C=O) groups is 2. The maximum Gasteiger partial charge on any atom is 0.228 e. The molecule has 6 nitrogen and oxygen atoms in total. The average molecular weight is 348 g/mol. The quantitative estimate of drug-likeness (QED) is 0.917. The van der Waals surface area contributed by atoms with Gasteiger partial charge >= 0.3 is 0 Å². The lowest BCUT2D eigenvalue weighted by Crippen LogP contribution is -2.44. The summed E-state index contributed by atoms with van der Waals surface area (Å²) in [4.78, 5) is 33.5. The first-order valence-corrected chi connectivity index (χ1v) is 8.68. The lowest BCUT2D eigenvalue weighted by Gasteiger charge is -2.34. The van der Waals surface area contributed by atoms with E-state index in [1.807, 2.05) is 24.3 Å². The second-order valence-corrected chi connectivity index (χ2v) is 6.61. The molecule has 0 amide bonds. The maximum atomic E-state index is 12.6. The molecule has 6 heteroatoms. The van der Waals surface area contributed by atoms with E-state index in [2.05, 4.69) is 27.1 Å². The number of allylic oxidation sites excluding steroid dienone is 2. The highest BCUT2D eigenvalue weighted by Crippen LogP contribution is 2.23. The molecule has 4 rings (SSSR count). The lowest BCUT2D eigenvalue weighted by molar-refractivity contribution is 0.0981. The molecular weight excluding hydrogens is 328 g/mol. The Morgan fingerprint density at radius 3 is 2.46 bits per heavy atom. The summed E-state index contributed by atoms with van der Waals surface area (Å²) in [5, 5.41) is 3.06. The number of carbonyl (C=O) groups excluding carboxylic acids is 2. The first-order valence-electron chi connectivity index (χ1n) is 8.68. The number of benzene rings is 1. The van der Waals surface area contributed by atoms with Crippen molar-refractivity contribution in [1.29, 1.82) is 0 Å². The van der Waals surface area contributed by atoms with Gasteiger partial charge in [-0.25, -0.2) is 0 Å². The van der Waals surface area contributed by atoms with Crippen LogP contribution in [0.25, 0.3) is 0 Å². The van der Waals surface area contributed by atoms with Crippen LogP contribution in [0.2, 0.25) is 0 Å². The van der Waals surface area contributed by atoms with E-state index in [0.29, 0.717) is 5.56 Å². The number of aromatic nitrogens is 1. The fourth-order valence-corrected chi connectivity index (χ4v) is 3.26. The molecule has 1 aromatic carbocycles. The maximum absolute atomic E-state index is 12.6. The van der Waals surface area contributed by atoms with Crippen molar-refractivity contribution in [3.8, 4) is 0 Å². The average Bonchev–Trinajstić information content (AvgIpc) is 2.67. The molecule has 0 atom stereocenters. The van der Waals surface area contributed by atoms with Crippen molar-refractivity contribution in [3.63, 3.8) is 0 Å². The number of hydrogen-bond acceptors (Lipinski definition) is 6. The van der Waals surface area contributed by atoms with Crippen molar-refractivity contribution in [2.75, 3.05) is 43.4 Å². The summed E-state index contributed by atoms with van der Waals surface area (Å²) in [5.41, 5.74) is 2.75. The van der Waals surface area contributed by atoms with Gasteiger partial charge in [-0.1, -0.05) is 0 Å². The second kappa shape index (κ2) is 6.72. The minimum absolute atomic E-state index is 0.204. The number of rotatable bonds is 3. The van der Waals surface area contributed by atoms with Crippen LogP contribution in [0.5, 0.6) is 0 Å². The Balaban J connectivity index is 1.50. The van der Waals surface area contributed by atoms with Gasteiger partial charge in [0.2, 0.25) is 5.78 Å². The summed E-state index contributed by atoms with van der Waals surface area (Å²) in [5.74, 6) is -0.465. The molecule has 2 heterocycles. The number of hydrogen-bond donors (Lipinski definition) is 1. The minimum atomic E-state index is -0.261. The highest BCUT2D eigenvalue weighted by Gasteiger charge is 2.26. The van der Waals surface area contributed by atoms with E-state index < -0.39 is 0 Å². The highest BCUT2D eigenvalue weighted by atomic mass is 16.1. The van der Waals surface area contributed by atoms with Gasteiger partial charge in [0, 0.05) is 49.8 Å². The van der Waals surface area contributed by atoms with Crippen LogP contribution in [0.15, 0.2) is 54.4 Å². The van der Waals surface area contributed by atoms with Gasteiger partial charge in [0.1, 0.15) is 5.69 Å². The van der Waals surface area contributed by atoms with E-state index in [0.717, 1.165) is 37.6 Å². The van der Waals surface area contributed by atoms with Gasteiger partial charge in [-0.2, -0.15) is 0 Å². The van der Waals surface area contributed by atoms with Crippen LogP contribution in [0.1, 0.15) is 20.8 Å². The van der Waals surface area contributed by atoms with Crippen molar-refractivity contribution >= 4 is 22.9 Å². The second-order valence-electron chi connectivity index (χ2n) is 6.61. The number of pyridine rings is 1. The summed E-state index contributed by atoms with van der Waals surface area (Å²) in [6, 6.07) is 11.2. The summed E-state index contributed by atoms with van der Waals surface area (Å²) in [7, 11) is 2.13. The SMILES string of the molecule is CN1CCN(c2ccc(NC3=CC(=O)c4cccnc4C3=O)cc2)CC1. The van der Waals surface area contributed by atoms with Gasteiger partial charge in [0.05, 0.1) is 11.3 Å². The molecule has 1 N–H and O–H groups in total. The van der Waals surface area contributed by atoms with Crippen LogP contribution in [0, 0.1) is 0 Å². The molecule has 0 spiro atoms. The Morgan fingerprint density at radius 2 is 1.73 bits per heavy atom. The van der Waals surface area contributed by atoms with Gasteiger partial charge in [-0.05, 0) is 43.4 Å². The van der Waals surface area contributed by atoms with Crippen molar-refractivity contribution < 1.29 is 9.59 Å². The molecule has 0 radical (unpaired) electrons. The van der Waals surface area contributed by atoms with E-state index in [9.17, 15) is 9.59 Å². The van der Waals surface area contributed by atoms with Crippen LogP contribution in [-0.2, 0) is 0 Å². The summed E-state index contributed by atoms with van der Waals surface area (Å²) in [6.07, 6.45) is 2.87. The topological polar surface area (TPSA) is 65.5 Å². The molecule has 1 aromatic heterocycles. The molecular formula is C20H20N4O2. The number of Topliss-reactive ketones (excluding diaryl/α,β-unsaturated/α-hetero) is 1. The number of piperazine rings is 1. The fraction of sp³-hybridized carbons (Fsp3) is 0.250. The van der Waals surface area contributed by atoms with Crippen LogP contribution in [0.3, 0.4) is 0 Å². The van der Waals surface area contributed by atoms with Gasteiger partial charge in [0.25, 0.3) is 0 Å². The largest absolute Gasteiger partial charge is 0.369 e. The molecule has 1 fully saturated rings. The molecule has 0 bridgehead atoms. The molecule has 0 saturated carbocycles. The Kier molecular flexibility index (Phi) is 4.26. The van der Waals surface area contributed by atoms with Crippen LogP contribution >= 0.6 is 0 Å². The van der Waals surface area contributed by atoms with Gasteiger partial charge in [0.15, 0.2) is 5.78 Å². The number of nitrogens with zero attached hydrogens (tertiary/aromatic N) is 3. The standard InChI is InChI=1S/C20H20N4O2/c1-23-9-11-24(12-10-23)15-6-4-14(5-7-15)22-17-13-18(25)16-3-2-8-21-19(16)20(17)26/h2-8,13,22H,9-12H2,1H3. The zero-order chi connectivity index (χ0) is 18.1. The molecule has 26 heavy (non-hydrogen) atoms.